The number of aliphatic imine (C=N–C) groups is 1. The van der Waals surface area contributed by atoms with Crippen molar-refractivity contribution in [3.8, 4) is 5.69 Å². The highest BCUT2D eigenvalue weighted by atomic mass is 16.4. The molecule has 4 rings (SSSR count). The summed E-state index contributed by atoms with van der Waals surface area (Å²) in [6, 6.07) is 18.5. The molecule has 7 nitrogen and oxygen atoms in total. The van der Waals surface area contributed by atoms with E-state index in [4.69, 9.17) is 0 Å². The second-order valence-corrected chi connectivity index (χ2v) is 7.28. The standard InChI is InChI=1S/C24H22N4O3/c1-3-14-25-21-20-19(16-10-6-4-7-11-16)18(23(29)30)15(2)26-22(20)28(24(31)27-21)17-12-8-5-9-13-17/h3-13,18-19H,1,14H2,2H3,(H,29,30)(H,25,27,31). The molecule has 0 saturated heterocycles. The van der Waals surface area contributed by atoms with Gasteiger partial charge in [-0.3, -0.25) is 4.79 Å². The number of hydrogen-bond acceptors (Lipinski definition) is 5. The van der Waals surface area contributed by atoms with Crippen LogP contribution in [-0.4, -0.2) is 32.9 Å². The third-order valence-electron chi connectivity index (χ3n) is 5.34. The number of fused-ring (bicyclic) bond motifs is 1. The summed E-state index contributed by atoms with van der Waals surface area (Å²) in [5, 5.41) is 13.2. The number of carboxylic acid groups (broad SMARTS) is 1. The number of rotatable bonds is 6. The summed E-state index contributed by atoms with van der Waals surface area (Å²) in [6.07, 6.45) is 1.65. The molecule has 0 fully saturated rings. The highest BCUT2D eigenvalue weighted by Gasteiger charge is 2.41. The van der Waals surface area contributed by atoms with Crippen molar-refractivity contribution in [3.63, 3.8) is 0 Å². The van der Waals surface area contributed by atoms with Gasteiger partial charge in [-0.15, -0.1) is 6.58 Å². The van der Waals surface area contributed by atoms with E-state index in [1.165, 1.54) is 4.57 Å². The number of carboxylic acids is 1. The average Bonchev–Trinajstić information content (AvgIpc) is 2.77. The molecular formula is C24H22N4O3. The first-order valence-electron chi connectivity index (χ1n) is 9.93. The largest absolute Gasteiger partial charge is 0.481 e. The predicted octanol–water partition coefficient (Wildman–Crippen LogP) is 3.77. The van der Waals surface area contributed by atoms with Crippen LogP contribution in [0.15, 0.2) is 83.1 Å². The monoisotopic (exact) mass is 414 g/mol. The molecule has 31 heavy (non-hydrogen) atoms. The van der Waals surface area contributed by atoms with Crippen LogP contribution in [0.2, 0.25) is 0 Å². The van der Waals surface area contributed by atoms with Crippen molar-refractivity contribution in [1.29, 1.82) is 0 Å². The van der Waals surface area contributed by atoms with Crippen molar-refractivity contribution in [3.05, 3.63) is 94.9 Å². The van der Waals surface area contributed by atoms with E-state index in [1.54, 1.807) is 25.1 Å². The van der Waals surface area contributed by atoms with Gasteiger partial charge < -0.3 is 10.4 Å². The molecule has 3 aromatic rings. The molecule has 2 aromatic carbocycles. The van der Waals surface area contributed by atoms with E-state index in [0.29, 0.717) is 35.1 Å². The Morgan fingerprint density at radius 3 is 2.42 bits per heavy atom. The second kappa shape index (κ2) is 8.39. The third-order valence-corrected chi connectivity index (χ3v) is 5.34. The van der Waals surface area contributed by atoms with Gasteiger partial charge in [0.1, 0.15) is 17.6 Å². The molecule has 0 amide bonds. The molecule has 7 heteroatoms. The number of aliphatic carboxylic acids is 1. The summed E-state index contributed by atoms with van der Waals surface area (Å²) in [5.41, 5.74) is 1.94. The lowest BCUT2D eigenvalue weighted by atomic mass is 9.77. The van der Waals surface area contributed by atoms with Crippen molar-refractivity contribution in [2.75, 3.05) is 11.9 Å². The molecule has 0 bridgehead atoms. The van der Waals surface area contributed by atoms with Crippen LogP contribution in [0.3, 0.4) is 0 Å². The molecule has 0 spiro atoms. The fourth-order valence-electron chi connectivity index (χ4n) is 4.02. The summed E-state index contributed by atoms with van der Waals surface area (Å²) in [4.78, 5) is 34.2. The van der Waals surface area contributed by atoms with Gasteiger partial charge in [-0.05, 0) is 24.6 Å². The molecule has 2 atom stereocenters. The number of carbonyl (C=O) groups is 1. The molecule has 2 N–H and O–H groups in total. The van der Waals surface area contributed by atoms with Crippen LogP contribution in [-0.2, 0) is 4.79 Å². The van der Waals surface area contributed by atoms with Gasteiger partial charge in [-0.2, -0.15) is 4.98 Å². The Kier molecular flexibility index (Phi) is 5.49. The zero-order valence-corrected chi connectivity index (χ0v) is 17.0. The molecule has 0 radical (unpaired) electrons. The van der Waals surface area contributed by atoms with E-state index in [2.05, 4.69) is 21.9 Å². The number of benzene rings is 2. The fraction of sp³-hybridized carbons (Fsp3) is 0.167. The quantitative estimate of drug-likeness (QED) is 0.599. The Morgan fingerprint density at radius 2 is 1.81 bits per heavy atom. The van der Waals surface area contributed by atoms with Gasteiger partial charge in [0.25, 0.3) is 0 Å². The number of anilines is 1. The van der Waals surface area contributed by atoms with Crippen LogP contribution < -0.4 is 11.0 Å². The summed E-state index contributed by atoms with van der Waals surface area (Å²) >= 11 is 0. The zero-order valence-electron chi connectivity index (χ0n) is 17.0. The Balaban J connectivity index is 2.09. The van der Waals surface area contributed by atoms with Crippen molar-refractivity contribution in [2.24, 2.45) is 10.9 Å². The zero-order chi connectivity index (χ0) is 22.0. The minimum atomic E-state index is -0.979. The second-order valence-electron chi connectivity index (χ2n) is 7.28. The van der Waals surface area contributed by atoms with Gasteiger partial charge in [-0.25, -0.2) is 14.4 Å². The van der Waals surface area contributed by atoms with E-state index in [9.17, 15) is 14.7 Å². The van der Waals surface area contributed by atoms with Crippen LogP contribution in [0.1, 0.15) is 24.0 Å². The fourth-order valence-corrected chi connectivity index (χ4v) is 4.02. The normalized spacial score (nSPS) is 17.4. The first-order valence-corrected chi connectivity index (χ1v) is 9.93. The van der Waals surface area contributed by atoms with Crippen LogP contribution in [0.5, 0.6) is 0 Å². The molecule has 2 unspecified atom stereocenters. The molecule has 1 aliphatic rings. The Morgan fingerprint density at radius 1 is 1.16 bits per heavy atom. The number of hydrogen-bond donors (Lipinski definition) is 2. The first kappa shape index (κ1) is 20.3. The van der Waals surface area contributed by atoms with Crippen LogP contribution >= 0.6 is 0 Å². The Bertz CT molecular complexity index is 1220. The smallest absolute Gasteiger partial charge is 0.355 e. The lowest BCUT2D eigenvalue weighted by Crippen LogP contribution is -2.35. The highest BCUT2D eigenvalue weighted by molar-refractivity contribution is 6.04. The van der Waals surface area contributed by atoms with Crippen LogP contribution in [0.4, 0.5) is 11.6 Å². The summed E-state index contributed by atoms with van der Waals surface area (Å²) in [6.45, 7) is 5.77. The maximum absolute atomic E-state index is 13.0. The minimum Gasteiger partial charge on any atom is -0.481 e. The topological polar surface area (TPSA) is 96.6 Å². The van der Waals surface area contributed by atoms with E-state index in [-0.39, 0.29) is 0 Å². The maximum Gasteiger partial charge on any atom is 0.355 e. The summed E-state index contributed by atoms with van der Waals surface area (Å²) in [5.74, 6) is -1.72. The molecule has 0 saturated carbocycles. The Labute approximate surface area is 179 Å². The lowest BCUT2D eigenvalue weighted by molar-refractivity contribution is -0.139. The van der Waals surface area contributed by atoms with Crippen molar-refractivity contribution in [2.45, 2.75) is 12.8 Å². The summed E-state index contributed by atoms with van der Waals surface area (Å²) in [7, 11) is 0. The van der Waals surface area contributed by atoms with E-state index < -0.39 is 23.5 Å². The lowest BCUT2D eigenvalue weighted by Gasteiger charge is -2.32. The SMILES string of the molecule is C=CCNc1nc(=O)n(-c2ccccc2)c2c1C(c1ccccc1)C(C(=O)O)C(C)=N2. The number of nitrogens with zero attached hydrogens (tertiary/aromatic N) is 3. The van der Waals surface area contributed by atoms with Crippen LogP contribution in [0.25, 0.3) is 5.69 Å². The van der Waals surface area contributed by atoms with E-state index in [1.807, 2.05) is 48.5 Å². The van der Waals surface area contributed by atoms with Crippen molar-refractivity contribution >= 4 is 23.3 Å². The van der Waals surface area contributed by atoms with Gasteiger partial charge >= 0.3 is 11.7 Å². The number of para-hydroxylation sites is 1. The highest BCUT2D eigenvalue weighted by Crippen LogP contribution is 2.45. The van der Waals surface area contributed by atoms with Gasteiger partial charge in [0.15, 0.2) is 0 Å². The number of aromatic nitrogens is 2. The minimum absolute atomic E-state index is 0.323. The third kappa shape index (κ3) is 3.66. The average molecular weight is 414 g/mol. The molecule has 156 valence electrons. The van der Waals surface area contributed by atoms with Gasteiger partial charge in [0, 0.05) is 23.7 Å². The molecular weight excluding hydrogens is 392 g/mol. The first-order chi connectivity index (χ1) is 15.0. The molecule has 1 aromatic heterocycles. The van der Waals surface area contributed by atoms with E-state index >= 15 is 0 Å². The summed E-state index contributed by atoms with van der Waals surface area (Å²) < 4.78 is 1.44. The number of nitrogens with one attached hydrogen (secondary N) is 1. The Hall–Kier alpha value is -4.00. The van der Waals surface area contributed by atoms with Gasteiger partial charge in [-0.1, -0.05) is 54.6 Å². The maximum atomic E-state index is 13.0. The molecule has 2 heterocycles. The van der Waals surface area contributed by atoms with E-state index in [0.717, 1.165) is 5.56 Å². The van der Waals surface area contributed by atoms with Crippen molar-refractivity contribution in [1.82, 2.24) is 9.55 Å². The molecule has 1 aliphatic heterocycles. The van der Waals surface area contributed by atoms with Gasteiger partial charge in [0.2, 0.25) is 0 Å². The predicted molar refractivity (Wildman–Crippen MR) is 121 cm³/mol. The van der Waals surface area contributed by atoms with Crippen LogP contribution in [0, 0.1) is 5.92 Å². The van der Waals surface area contributed by atoms with Crippen molar-refractivity contribution < 1.29 is 9.90 Å². The molecule has 0 aliphatic carbocycles. The van der Waals surface area contributed by atoms with Gasteiger partial charge in [0.05, 0.1) is 5.69 Å².